The van der Waals surface area contributed by atoms with Crippen LogP contribution in [0.5, 0.6) is 0 Å². The second-order valence-corrected chi connectivity index (χ2v) is 5.29. The maximum absolute atomic E-state index is 4.30. The fraction of sp³-hybridized carbons (Fsp3) is 0.727. The number of thioether (sulfide) groups is 1. The minimum absolute atomic E-state index is 0.899. The van der Waals surface area contributed by atoms with Crippen molar-refractivity contribution in [3.05, 3.63) is 18.2 Å². The summed E-state index contributed by atoms with van der Waals surface area (Å²) in [5, 5.41) is 3.53. The molecule has 15 heavy (non-hydrogen) atoms. The molecule has 1 aromatic rings. The lowest BCUT2D eigenvalue weighted by Crippen LogP contribution is -2.25. The second-order valence-electron chi connectivity index (χ2n) is 4.14. The number of aryl methyl sites for hydroxylation is 1. The Balaban J connectivity index is 1.60. The van der Waals surface area contributed by atoms with Crippen LogP contribution in [0.15, 0.2) is 12.4 Å². The van der Waals surface area contributed by atoms with Gasteiger partial charge in [0.05, 0.1) is 0 Å². The van der Waals surface area contributed by atoms with Crippen molar-refractivity contribution < 1.29 is 0 Å². The average molecular weight is 225 g/mol. The van der Waals surface area contributed by atoms with Gasteiger partial charge in [0, 0.05) is 32.4 Å². The van der Waals surface area contributed by atoms with Gasteiger partial charge in [-0.15, -0.1) is 0 Å². The van der Waals surface area contributed by atoms with E-state index in [1.165, 1.54) is 30.3 Å². The highest BCUT2D eigenvalue weighted by molar-refractivity contribution is 7.99. The molecule has 84 valence electrons. The molecule has 3 nitrogen and oxygen atoms in total. The molecule has 4 heteroatoms. The fourth-order valence-corrected chi connectivity index (χ4v) is 3.17. The minimum Gasteiger partial charge on any atom is -0.338 e. The van der Waals surface area contributed by atoms with Crippen LogP contribution in [0.3, 0.4) is 0 Å². The first-order chi connectivity index (χ1) is 7.36. The van der Waals surface area contributed by atoms with E-state index in [9.17, 15) is 0 Å². The molecule has 1 N–H and O–H groups in total. The highest BCUT2D eigenvalue weighted by atomic mass is 32.2. The van der Waals surface area contributed by atoms with Gasteiger partial charge in [-0.05, 0) is 30.4 Å². The summed E-state index contributed by atoms with van der Waals surface area (Å²) in [6.07, 6.45) is 6.29. The summed E-state index contributed by atoms with van der Waals surface area (Å²) in [4.78, 5) is 4.30. The van der Waals surface area contributed by atoms with Crippen molar-refractivity contribution in [1.82, 2.24) is 14.9 Å². The van der Waals surface area contributed by atoms with Crippen molar-refractivity contribution >= 4 is 11.8 Å². The quantitative estimate of drug-likeness (QED) is 0.766. The van der Waals surface area contributed by atoms with Crippen LogP contribution in [0.25, 0.3) is 0 Å². The van der Waals surface area contributed by atoms with E-state index in [4.69, 9.17) is 0 Å². The van der Waals surface area contributed by atoms with Crippen molar-refractivity contribution in [2.45, 2.75) is 12.8 Å². The van der Waals surface area contributed by atoms with Gasteiger partial charge in [-0.1, -0.05) is 0 Å². The van der Waals surface area contributed by atoms with Crippen LogP contribution in [-0.2, 0) is 13.5 Å². The number of aromatic nitrogens is 2. The maximum Gasteiger partial charge on any atom is 0.109 e. The molecule has 1 fully saturated rings. The topological polar surface area (TPSA) is 29.9 Å². The van der Waals surface area contributed by atoms with Crippen LogP contribution in [0.4, 0.5) is 0 Å². The van der Waals surface area contributed by atoms with Gasteiger partial charge in [-0.3, -0.25) is 0 Å². The van der Waals surface area contributed by atoms with Gasteiger partial charge in [0.25, 0.3) is 0 Å². The van der Waals surface area contributed by atoms with Gasteiger partial charge < -0.3 is 9.88 Å². The molecule has 1 aliphatic heterocycles. The van der Waals surface area contributed by atoms with Gasteiger partial charge in [-0.2, -0.15) is 11.8 Å². The zero-order chi connectivity index (χ0) is 10.5. The molecule has 0 bridgehead atoms. The van der Waals surface area contributed by atoms with Gasteiger partial charge >= 0.3 is 0 Å². The normalized spacial score (nSPS) is 21.0. The zero-order valence-corrected chi connectivity index (χ0v) is 10.1. The molecule has 2 heterocycles. The van der Waals surface area contributed by atoms with E-state index < -0.39 is 0 Å². The molecule has 0 aliphatic carbocycles. The third-order valence-electron chi connectivity index (χ3n) is 2.90. The Bertz CT molecular complexity index is 292. The third kappa shape index (κ3) is 3.24. The predicted octanol–water partition coefficient (Wildman–Crippen LogP) is 1.31. The van der Waals surface area contributed by atoms with Crippen LogP contribution in [0.2, 0.25) is 0 Å². The molecule has 2 rings (SSSR count). The number of rotatable bonds is 5. The highest BCUT2D eigenvalue weighted by Crippen LogP contribution is 2.22. The largest absolute Gasteiger partial charge is 0.338 e. The number of imidazole rings is 1. The van der Waals surface area contributed by atoms with Gasteiger partial charge in [0.15, 0.2) is 0 Å². The second kappa shape index (κ2) is 5.56. The maximum atomic E-state index is 4.30. The van der Waals surface area contributed by atoms with Crippen molar-refractivity contribution in [2.24, 2.45) is 13.0 Å². The Morgan fingerprint density at radius 2 is 2.60 bits per heavy atom. The van der Waals surface area contributed by atoms with E-state index in [-0.39, 0.29) is 0 Å². The average Bonchev–Trinajstić information content (AvgIpc) is 2.85. The summed E-state index contributed by atoms with van der Waals surface area (Å²) in [5.41, 5.74) is 0. The number of hydrogen-bond acceptors (Lipinski definition) is 3. The number of hydrogen-bond donors (Lipinski definition) is 1. The smallest absolute Gasteiger partial charge is 0.109 e. The molecular weight excluding hydrogens is 206 g/mol. The lowest BCUT2D eigenvalue weighted by molar-refractivity contribution is 0.521. The van der Waals surface area contributed by atoms with E-state index in [1.54, 1.807) is 0 Å². The number of nitrogens with zero attached hydrogens (tertiary/aromatic N) is 2. The predicted molar refractivity (Wildman–Crippen MR) is 65.2 cm³/mol. The Morgan fingerprint density at radius 1 is 1.67 bits per heavy atom. The summed E-state index contributed by atoms with van der Waals surface area (Å²) < 4.78 is 2.09. The van der Waals surface area contributed by atoms with E-state index in [0.717, 1.165) is 18.9 Å². The zero-order valence-electron chi connectivity index (χ0n) is 9.28. The monoisotopic (exact) mass is 225 g/mol. The van der Waals surface area contributed by atoms with Crippen LogP contribution in [0, 0.1) is 5.92 Å². The molecule has 0 spiro atoms. The summed E-state index contributed by atoms with van der Waals surface area (Å²) in [7, 11) is 2.05. The summed E-state index contributed by atoms with van der Waals surface area (Å²) in [6.45, 7) is 2.23. The third-order valence-corrected chi connectivity index (χ3v) is 4.13. The van der Waals surface area contributed by atoms with Crippen molar-refractivity contribution in [2.75, 3.05) is 24.6 Å². The number of nitrogens with one attached hydrogen (secondary N) is 1. The van der Waals surface area contributed by atoms with E-state index >= 15 is 0 Å². The summed E-state index contributed by atoms with van der Waals surface area (Å²) in [6, 6.07) is 0. The molecule has 0 aromatic carbocycles. The van der Waals surface area contributed by atoms with Gasteiger partial charge in [0.2, 0.25) is 0 Å². The molecular formula is C11H19N3S. The standard InChI is InChI=1S/C11H19N3S/c1-14-6-5-13-11(14)2-4-12-8-10-3-7-15-9-10/h5-6,10,12H,2-4,7-9H2,1H3. The van der Waals surface area contributed by atoms with Crippen molar-refractivity contribution in [1.29, 1.82) is 0 Å². The Kier molecular flexibility index (Phi) is 4.09. The van der Waals surface area contributed by atoms with Crippen LogP contribution < -0.4 is 5.32 Å². The molecule has 1 unspecified atom stereocenters. The van der Waals surface area contributed by atoms with Crippen LogP contribution in [-0.4, -0.2) is 34.1 Å². The minimum atomic E-state index is 0.899. The molecule has 1 atom stereocenters. The van der Waals surface area contributed by atoms with Gasteiger partial charge in [0.1, 0.15) is 5.82 Å². The molecule has 1 aromatic heterocycles. The highest BCUT2D eigenvalue weighted by Gasteiger charge is 2.14. The molecule has 1 aliphatic rings. The SMILES string of the molecule is Cn1ccnc1CCNCC1CCSC1. The van der Waals surface area contributed by atoms with Crippen LogP contribution >= 0.6 is 11.8 Å². The first kappa shape index (κ1) is 11.0. The fourth-order valence-electron chi connectivity index (χ4n) is 1.89. The lowest BCUT2D eigenvalue weighted by Gasteiger charge is -2.09. The molecule has 0 amide bonds. The van der Waals surface area contributed by atoms with E-state index in [1.807, 2.05) is 12.4 Å². The van der Waals surface area contributed by atoms with E-state index in [2.05, 4.69) is 33.7 Å². The summed E-state index contributed by atoms with van der Waals surface area (Å²) >= 11 is 2.08. The van der Waals surface area contributed by atoms with Crippen LogP contribution in [0.1, 0.15) is 12.2 Å². The van der Waals surface area contributed by atoms with Crippen molar-refractivity contribution in [3.63, 3.8) is 0 Å². The Morgan fingerprint density at radius 3 is 3.27 bits per heavy atom. The molecule has 0 radical (unpaired) electrons. The Labute approximate surface area is 95.7 Å². The van der Waals surface area contributed by atoms with E-state index in [0.29, 0.717) is 0 Å². The Hall–Kier alpha value is -0.480. The summed E-state index contributed by atoms with van der Waals surface area (Å²) in [5.74, 6) is 4.76. The molecule has 0 saturated carbocycles. The lowest BCUT2D eigenvalue weighted by atomic mass is 10.1. The first-order valence-electron chi connectivity index (χ1n) is 5.61. The van der Waals surface area contributed by atoms with Gasteiger partial charge in [-0.25, -0.2) is 4.98 Å². The first-order valence-corrected chi connectivity index (χ1v) is 6.76. The van der Waals surface area contributed by atoms with Crippen molar-refractivity contribution in [3.8, 4) is 0 Å². The molecule has 1 saturated heterocycles.